The molecule has 0 aliphatic rings. The Labute approximate surface area is 83.1 Å². The van der Waals surface area contributed by atoms with E-state index in [2.05, 4.69) is 45.2 Å². The lowest BCUT2D eigenvalue weighted by molar-refractivity contribution is 0.255. The predicted molar refractivity (Wildman–Crippen MR) is 61.0 cm³/mol. The molecule has 0 saturated heterocycles. The molecule has 0 radical (unpaired) electrons. The second kappa shape index (κ2) is 6.90. The van der Waals surface area contributed by atoms with Crippen LogP contribution >= 0.6 is 0 Å². The summed E-state index contributed by atoms with van der Waals surface area (Å²) in [6.45, 7) is 14.8. The minimum atomic E-state index is 0.505. The maximum absolute atomic E-state index is 3.88. The normalized spacial score (nSPS) is 12.7. The first-order valence-electron chi connectivity index (χ1n) is 5.15. The van der Waals surface area contributed by atoms with Crippen LogP contribution in [0.1, 0.15) is 34.1 Å². The fourth-order valence-electron chi connectivity index (χ4n) is 1.44. The Kier molecular flexibility index (Phi) is 6.61. The molecule has 0 aromatic rings. The van der Waals surface area contributed by atoms with Crippen molar-refractivity contribution in [2.45, 2.75) is 40.2 Å². The van der Waals surface area contributed by atoms with E-state index in [0.717, 1.165) is 19.5 Å². The van der Waals surface area contributed by atoms with Gasteiger partial charge < -0.3 is 0 Å². The molecule has 0 aromatic carbocycles. The van der Waals surface area contributed by atoms with E-state index < -0.39 is 0 Å². The Morgan fingerprint density at radius 2 is 1.85 bits per heavy atom. The molecule has 1 heteroatoms. The maximum Gasteiger partial charge on any atom is 0.0309 e. The van der Waals surface area contributed by atoms with Crippen molar-refractivity contribution in [1.82, 2.24) is 4.90 Å². The first kappa shape index (κ1) is 12.4. The van der Waals surface area contributed by atoms with E-state index >= 15 is 0 Å². The molecule has 0 aromatic heterocycles. The van der Waals surface area contributed by atoms with Gasteiger partial charge in [-0.2, -0.15) is 0 Å². The van der Waals surface area contributed by atoms with Crippen molar-refractivity contribution in [3.8, 4) is 0 Å². The Hall–Kier alpha value is -0.560. The Balaban J connectivity index is 4.15. The fraction of sp³-hybridized carbons (Fsp3) is 0.667. The second-order valence-electron chi connectivity index (χ2n) is 3.54. The van der Waals surface area contributed by atoms with Gasteiger partial charge in [-0.15, -0.1) is 6.58 Å². The Bertz CT molecular complexity index is 162. The van der Waals surface area contributed by atoms with E-state index in [0.29, 0.717) is 6.04 Å². The highest BCUT2D eigenvalue weighted by Gasteiger charge is 2.09. The van der Waals surface area contributed by atoms with Gasteiger partial charge in [0.15, 0.2) is 0 Å². The van der Waals surface area contributed by atoms with Crippen LogP contribution in [0.4, 0.5) is 0 Å². The predicted octanol–water partition coefficient (Wildman–Crippen LogP) is 3.24. The molecule has 76 valence electrons. The smallest absolute Gasteiger partial charge is 0.0309 e. The minimum absolute atomic E-state index is 0.505. The number of hydrogen-bond acceptors (Lipinski definition) is 1. The van der Waals surface area contributed by atoms with Crippen LogP contribution in [0, 0.1) is 0 Å². The molecule has 1 unspecified atom stereocenters. The van der Waals surface area contributed by atoms with Crippen LogP contribution in [0.2, 0.25) is 0 Å². The van der Waals surface area contributed by atoms with Crippen molar-refractivity contribution >= 4 is 0 Å². The molecular weight excluding hydrogens is 158 g/mol. The van der Waals surface area contributed by atoms with Crippen LogP contribution in [0.3, 0.4) is 0 Å². The molecule has 13 heavy (non-hydrogen) atoms. The lowest BCUT2D eigenvalue weighted by Crippen LogP contribution is -2.33. The second-order valence-corrected chi connectivity index (χ2v) is 3.54. The van der Waals surface area contributed by atoms with Crippen LogP contribution in [0.5, 0.6) is 0 Å². The molecule has 0 N–H and O–H groups in total. The van der Waals surface area contributed by atoms with Gasteiger partial charge in [0.05, 0.1) is 0 Å². The SMILES string of the molecule is C=CC(CC=C(C)C)N(CC)CC. The zero-order valence-electron chi connectivity index (χ0n) is 9.51. The summed E-state index contributed by atoms with van der Waals surface area (Å²) in [4.78, 5) is 2.42. The Morgan fingerprint density at radius 3 is 2.15 bits per heavy atom. The quantitative estimate of drug-likeness (QED) is 0.569. The van der Waals surface area contributed by atoms with Gasteiger partial charge in [0.2, 0.25) is 0 Å². The number of rotatable bonds is 6. The molecule has 1 atom stereocenters. The maximum atomic E-state index is 3.88. The molecule has 0 fully saturated rings. The highest BCUT2D eigenvalue weighted by atomic mass is 15.1. The van der Waals surface area contributed by atoms with Gasteiger partial charge in [-0.05, 0) is 33.4 Å². The van der Waals surface area contributed by atoms with Gasteiger partial charge in [-0.25, -0.2) is 0 Å². The molecule has 0 bridgehead atoms. The third kappa shape index (κ3) is 4.89. The first-order chi connectivity index (χ1) is 6.15. The number of nitrogens with zero attached hydrogens (tertiary/aromatic N) is 1. The van der Waals surface area contributed by atoms with E-state index in [-0.39, 0.29) is 0 Å². The summed E-state index contributed by atoms with van der Waals surface area (Å²) in [6.07, 6.45) is 5.42. The topological polar surface area (TPSA) is 3.24 Å². The zero-order valence-corrected chi connectivity index (χ0v) is 9.51. The standard InChI is InChI=1S/C12H23N/c1-6-12(10-9-11(4)5)13(7-2)8-3/h6,9,12H,1,7-8,10H2,2-5H3. The summed E-state index contributed by atoms with van der Waals surface area (Å²) < 4.78 is 0. The van der Waals surface area contributed by atoms with Crippen LogP contribution in [-0.4, -0.2) is 24.0 Å². The van der Waals surface area contributed by atoms with E-state index in [4.69, 9.17) is 0 Å². The zero-order chi connectivity index (χ0) is 10.3. The van der Waals surface area contributed by atoms with Crippen molar-refractivity contribution in [1.29, 1.82) is 0 Å². The van der Waals surface area contributed by atoms with E-state index in [1.165, 1.54) is 5.57 Å². The average molecular weight is 181 g/mol. The van der Waals surface area contributed by atoms with Crippen molar-refractivity contribution in [2.24, 2.45) is 0 Å². The monoisotopic (exact) mass is 181 g/mol. The summed E-state index contributed by atoms with van der Waals surface area (Å²) in [5.41, 5.74) is 1.39. The summed E-state index contributed by atoms with van der Waals surface area (Å²) in [5, 5.41) is 0. The third-order valence-corrected chi connectivity index (χ3v) is 2.32. The molecule has 0 aliphatic carbocycles. The summed E-state index contributed by atoms with van der Waals surface area (Å²) in [5.74, 6) is 0. The van der Waals surface area contributed by atoms with Gasteiger partial charge in [0, 0.05) is 6.04 Å². The van der Waals surface area contributed by atoms with Gasteiger partial charge in [-0.1, -0.05) is 31.6 Å². The first-order valence-corrected chi connectivity index (χ1v) is 5.15. The van der Waals surface area contributed by atoms with Crippen LogP contribution in [-0.2, 0) is 0 Å². The van der Waals surface area contributed by atoms with Crippen LogP contribution in [0.15, 0.2) is 24.3 Å². The number of likely N-dealkylation sites (N-methyl/N-ethyl adjacent to an activating group) is 1. The lowest BCUT2D eigenvalue weighted by Gasteiger charge is -2.26. The molecular formula is C12H23N. The summed E-state index contributed by atoms with van der Waals surface area (Å²) in [7, 11) is 0. The number of hydrogen-bond donors (Lipinski definition) is 0. The molecule has 0 amide bonds. The van der Waals surface area contributed by atoms with Crippen molar-refractivity contribution < 1.29 is 0 Å². The van der Waals surface area contributed by atoms with Crippen LogP contribution < -0.4 is 0 Å². The lowest BCUT2D eigenvalue weighted by atomic mass is 10.1. The molecule has 0 aliphatic heterocycles. The summed E-state index contributed by atoms with van der Waals surface area (Å²) >= 11 is 0. The number of allylic oxidation sites excluding steroid dienone is 1. The van der Waals surface area contributed by atoms with Gasteiger partial charge in [0.1, 0.15) is 0 Å². The van der Waals surface area contributed by atoms with Gasteiger partial charge in [0.25, 0.3) is 0 Å². The third-order valence-electron chi connectivity index (χ3n) is 2.32. The highest BCUT2D eigenvalue weighted by Crippen LogP contribution is 2.07. The minimum Gasteiger partial charge on any atom is -0.297 e. The molecule has 1 nitrogen and oxygen atoms in total. The highest BCUT2D eigenvalue weighted by molar-refractivity contribution is 5.00. The largest absolute Gasteiger partial charge is 0.297 e. The van der Waals surface area contributed by atoms with Crippen molar-refractivity contribution in [3.63, 3.8) is 0 Å². The van der Waals surface area contributed by atoms with E-state index in [9.17, 15) is 0 Å². The molecule has 0 spiro atoms. The average Bonchev–Trinajstić information content (AvgIpc) is 2.11. The van der Waals surface area contributed by atoms with E-state index in [1.54, 1.807) is 0 Å². The molecule has 0 saturated carbocycles. The fourth-order valence-corrected chi connectivity index (χ4v) is 1.44. The van der Waals surface area contributed by atoms with Crippen LogP contribution in [0.25, 0.3) is 0 Å². The van der Waals surface area contributed by atoms with E-state index in [1.807, 2.05) is 6.08 Å². The van der Waals surface area contributed by atoms with Gasteiger partial charge in [-0.3, -0.25) is 4.90 Å². The molecule has 0 heterocycles. The van der Waals surface area contributed by atoms with Gasteiger partial charge >= 0.3 is 0 Å². The molecule has 0 rings (SSSR count). The Morgan fingerprint density at radius 1 is 1.31 bits per heavy atom. The van der Waals surface area contributed by atoms with Crippen molar-refractivity contribution in [2.75, 3.05) is 13.1 Å². The van der Waals surface area contributed by atoms with Crippen molar-refractivity contribution in [3.05, 3.63) is 24.3 Å². The summed E-state index contributed by atoms with van der Waals surface area (Å²) in [6, 6.07) is 0.505.